The molecule has 1 atom stereocenters. The Bertz CT molecular complexity index is 573. The summed E-state index contributed by atoms with van der Waals surface area (Å²) in [5, 5.41) is 31.1. The van der Waals surface area contributed by atoms with Gasteiger partial charge in [-0.05, 0) is 44.4 Å². The van der Waals surface area contributed by atoms with E-state index in [1.807, 2.05) is 0 Å². The van der Waals surface area contributed by atoms with Gasteiger partial charge in [0.2, 0.25) is 0 Å². The zero-order valence-electron chi connectivity index (χ0n) is 15.2. The first-order chi connectivity index (χ1) is 12.1. The number of hydrogen-bond donors (Lipinski definition) is 3. The molecule has 140 valence electrons. The van der Waals surface area contributed by atoms with Crippen LogP contribution in [0.15, 0.2) is 23.4 Å². The van der Waals surface area contributed by atoms with Crippen molar-refractivity contribution in [1.82, 2.24) is 0 Å². The van der Waals surface area contributed by atoms with Crippen molar-refractivity contribution in [2.24, 2.45) is 5.16 Å². The number of aromatic hydroxyl groups is 1. The molecule has 0 radical (unpaired) electrons. The minimum absolute atomic E-state index is 0.145. The smallest absolute Gasteiger partial charge is 0.129 e. The molecule has 5 nitrogen and oxygen atoms in total. The minimum Gasteiger partial charge on any atom is -0.508 e. The van der Waals surface area contributed by atoms with Crippen LogP contribution in [-0.4, -0.2) is 33.3 Å². The molecule has 0 aliphatic carbocycles. The van der Waals surface area contributed by atoms with Crippen LogP contribution in [0.5, 0.6) is 11.5 Å². The van der Waals surface area contributed by atoms with E-state index >= 15 is 0 Å². The van der Waals surface area contributed by atoms with Crippen LogP contribution in [0.3, 0.4) is 0 Å². The highest BCUT2D eigenvalue weighted by Gasteiger charge is 2.35. The summed E-state index contributed by atoms with van der Waals surface area (Å²) in [5.74, 6) is 0.814. The van der Waals surface area contributed by atoms with E-state index in [0.29, 0.717) is 30.1 Å². The van der Waals surface area contributed by atoms with Crippen LogP contribution in [-0.2, 0) is 0 Å². The second-order valence-corrected chi connectivity index (χ2v) is 7.26. The second-order valence-electron chi connectivity index (χ2n) is 7.26. The van der Waals surface area contributed by atoms with Crippen molar-refractivity contribution in [3.05, 3.63) is 23.8 Å². The Hall–Kier alpha value is -1.75. The van der Waals surface area contributed by atoms with Crippen molar-refractivity contribution in [3.8, 4) is 11.5 Å². The molecule has 1 aromatic rings. The number of nitrogens with zero attached hydrogens (tertiary/aromatic N) is 1. The molecule has 5 heteroatoms. The number of phenolic OH excluding ortho intramolecular Hbond substituents is 1. The molecule has 1 aromatic carbocycles. The lowest BCUT2D eigenvalue weighted by Gasteiger charge is -2.36. The summed E-state index contributed by atoms with van der Waals surface area (Å²) in [6.45, 7) is 2.36. The molecule has 0 aromatic heterocycles. The van der Waals surface area contributed by atoms with Crippen LogP contribution in [0.25, 0.3) is 0 Å². The van der Waals surface area contributed by atoms with Crippen molar-refractivity contribution >= 4 is 5.71 Å². The van der Waals surface area contributed by atoms with Gasteiger partial charge in [-0.15, -0.1) is 0 Å². The molecule has 3 N–H and O–H groups in total. The lowest BCUT2D eigenvalue weighted by atomic mass is 9.86. The fourth-order valence-corrected chi connectivity index (χ4v) is 3.48. The number of aliphatic hydroxyl groups is 1. The van der Waals surface area contributed by atoms with Gasteiger partial charge in [-0.2, -0.15) is 0 Å². The highest BCUT2D eigenvalue weighted by molar-refractivity contribution is 6.04. The lowest BCUT2D eigenvalue weighted by Crippen LogP contribution is -2.39. The third kappa shape index (κ3) is 5.92. The predicted molar refractivity (Wildman–Crippen MR) is 98.7 cm³/mol. The van der Waals surface area contributed by atoms with E-state index in [1.54, 1.807) is 18.2 Å². The van der Waals surface area contributed by atoms with Crippen molar-refractivity contribution < 1.29 is 20.2 Å². The highest BCUT2D eigenvalue weighted by atomic mass is 16.5. The van der Waals surface area contributed by atoms with Gasteiger partial charge in [-0.25, -0.2) is 0 Å². The van der Waals surface area contributed by atoms with Crippen molar-refractivity contribution in [2.45, 2.75) is 76.7 Å². The topological polar surface area (TPSA) is 82.3 Å². The first kappa shape index (κ1) is 19.6. The monoisotopic (exact) mass is 349 g/mol. The first-order valence-corrected chi connectivity index (χ1v) is 9.42. The maximum Gasteiger partial charge on any atom is 0.129 e. The minimum atomic E-state index is -0.368. The number of hydrogen-bond acceptors (Lipinski definition) is 5. The fraction of sp³-hybridized carbons (Fsp3) is 0.650. The molecule has 0 amide bonds. The molecule has 2 rings (SSSR count). The fourth-order valence-electron chi connectivity index (χ4n) is 3.48. The number of benzene rings is 1. The first-order valence-electron chi connectivity index (χ1n) is 9.42. The molecule has 1 aliphatic rings. The second kappa shape index (κ2) is 9.66. The van der Waals surface area contributed by atoms with Crippen LogP contribution in [0.4, 0.5) is 0 Å². The van der Waals surface area contributed by atoms with Crippen LogP contribution in [0, 0.1) is 0 Å². The maximum absolute atomic E-state index is 9.62. The van der Waals surface area contributed by atoms with Crippen LogP contribution < -0.4 is 4.74 Å². The van der Waals surface area contributed by atoms with Crippen LogP contribution in [0.2, 0.25) is 0 Å². The van der Waals surface area contributed by atoms with Gasteiger partial charge in [0, 0.05) is 18.6 Å². The summed E-state index contributed by atoms with van der Waals surface area (Å²) in [6.07, 6.45) is 10.7. The molecule has 0 saturated heterocycles. The van der Waals surface area contributed by atoms with Gasteiger partial charge in [-0.3, -0.25) is 0 Å². The van der Waals surface area contributed by atoms with Gasteiger partial charge in [0.15, 0.2) is 0 Å². The van der Waals surface area contributed by atoms with Gasteiger partial charge >= 0.3 is 0 Å². The summed E-state index contributed by atoms with van der Waals surface area (Å²) in [4.78, 5) is 0. The van der Waals surface area contributed by atoms with E-state index in [0.717, 1.165) is 25.7 Å². The third-order valence-electron chi connectivity index (χ3n) is 4.91. The summed E-state index contributed by atoms with van der Waals surface area (Å²) in [6, 6.07) is 4.91. The molecule has 0 saturated carbocycles. The number of aliphatic hydroxyl groups excluding tert-OH is 1. The predicted octanol–water partition coefficient (Wildman–Crippen LogP) is 4.61. The Morgan fingerprint density at radius 2 is 1.68 bits per heavy atom. The van der Waals surface area contributed by atoms with Crippen LogP contribution in [0.1, 0.15) is 76.7 Å². The highest BCUT2D eigenvalue weighted by Crippen LogP contribution is 2.38. The van der Waals surface area contributed by atoms with Gasteiger partial charge in [0.1, 0.15) is 17.1 Å². The molecule has 0 fully saturated rings. The number of fused-ring (bicyclic) bond motifs is 1. The van der Waals surface area contributed by atoms with Gasteiger partial charge in [-0.1, -0.05) is 43.7 Å². The van der Waals surface area contributed by atoms with Crippen molar-refractivity contribution in [1.29, 1.82) is 0 Å². The van der Waals surface area contributed by atoms with E-state index in [1.165, 1.54) is 32.1 Å². The average Bonchev–Trinajstić information content (AvgIpc) is 2.60. The zero-order chi connectivity index (χ0) is 18.1. The molecular weight excluding hydrogens is 318 g/mol. The van der Waals surface area contributed by atoms with E-state index in [9.17, 15) is 10.3 Å². The number of rotatable bonds is 10. The van der Waals surface area contributed by atoms with Crippen molar-refractivity contribution in [2.75, 3.05) is 6.61 Å². The van der Waals surface area contributed by atoms with E-state index in [4.69, 9.17) is 9.84 Å². The Morgan fingerprint density at radius 3 is 2.32 bits per heavy atom. The maximum atomic E-state index is 9.62. The summed E-state index contributed by atoms with van der Waals surface area (Å²) >= 11 is 0. The normalized spacial score (nSPS) is 21.1. The van der Waals surface area contributed by atoms with E-state index < -0.39 is 0 Å². The quantitative estimate of drug-likeness (QED) is 0.327. The Labute approximate surface area is 150 Å². The van der Waals surface area contributed by atoms with Gasteiger partial charge in [0.05, 0.1) is 5.71 Å². The molecule has 1 heterocycles. The van der Waals surface area contributed by atoms with Gasteiger partial charge < -0.3 is 20.2 Å². The van der Waals surface area contributed by atoms with Crippen molar-refractivity contribution in [3.63, 3.8) is 0 Å². The number of oxime groups is 1. The molecule has 1 unspecified atom stereocenters. The number of phenols is 1. The molecule has 0 spiro atoms. The Kier molecular flexibility index (Phi) is 7.56. The zero-order valence-corrected chi connectivity index (χ0v) is 15.2. The molecular formula is C20H31NO4. The lowest BCUT2D eigenvalue weighted by molar-refractivity contribution is 0.0764. The third-order valence-corrected chi connectivity index (χ3v) is 4.91. The summed E-state index contributed by atoms with van der Waals surface area (Å²) in [7, 11) is 0. The van der Waals surface area contributed by atoms with E-state index in [2.05, 4.69) is 12.1 Å². The average molecular weight is 349 g/mol. The summed E-state index contributed by atoms with van der Waals surface area (Å²) in [5.41, 5.74) is 0.874. The summed E-state index contributed by atoms with van der Waals surface area (Å²) < 4.78 is 6.15. The Morgan fingerprint density at radius 1 is 1.04 bits per heavy atom. The van der Waals surface area contributed by atoms with Gasteiger partial charge in [0.25, 0.3) is 0 Å². The standard InChI is InChI=1S/C20H31NO4/c1-20(12-8-6-4-2-3-5-7-9-13-22)15-18(21-24)17-14-16(23)10-11-19(17)25-20/h10-11,14,22-24H,2-9,12-13,15H2,1H3/b21-18-. The largest absolute Gasteiger partial charge is 0.508 e. The van der Waals surface area contributed by atoms with Crippen LogP contribution >= 0.6 is 0 Å². The van der Waals surface area contributed by atoms with E-state index in [-0.39, 0.29) is 11.4 Å². The SMILES string of the molecule is CC1(CCCCCCCCCCO)C/C(=N/O)c2cc(O)ccc2O1. The number of ether oxygens (including phenoxy) is 1. The molecule has 0 bridgehead atoms. The Balaban J connectivity index is 1.76. The molecule has 1 aliphatic heterocycles. The molecule has 25 heavy (non-hydrogen) atoms. The number of unbranched alkanes of at least 4 members (excludes halogenated alkanes) is 7.